The van der Waals surface area contributed by atoms with E-state index in [0.29, 0.717) is 11.4 Å². The summed E-state index contributed by atoms with van der Waals surface area (Å²) in [6, 6.07) is 0. The summed E-state index contributed by atoms with van der Waals surface area (Å²) in [4.78, 5) is 23.2. The van der Waals surface area contributed by atoms with Gasteiger partial charge in [-0.25, -0.2) is 9.97 Å². The Kier molecular flexibility index (Phi) is 4.79. The Balaban J connectivity index is 2.07. The number of nitrogens with two attached hydrogens (primary N) is 1. The fraction of sp³-hybridized carbons (Fsp3) is 0.462. The summed E-state index contributed by atoms with van der Waals surface area (Å²) >= 11 is 1.32. The number of hydrogen-bond acceptors (Lipinski definition) is 6. The number of anilines is 2. The number of rotatable bonds is 6. The van der Waals surface area contributed by atoms with E-state index in [-0.39, 0.29) is 11.7 Å². The minimum absolute atomic E-state index is 0.216. The number of imidazole rings is 1. The Bertz CT molecular complexity index is 616. The van der Waals surface area contributed by atoms with Gasteiger partial charge in [0.2, 0.25) is 0 Å². The average Bonchev–Trinajstić information content (AvgIpc) is 3.04. The predicted octanol–water partition coefficient (Wildman–Crippen LogP) is 1.23. The molecule has 2 heterocycles. The lowest BCUT2D eigenvalue weighted by molar-refractivity contribution is 0.0954. The quantitative estimate of drug-likeness (QED) is 0.838. The lowest BCUT2D eigenvalue weighted by Gasteiger charge is -2.16. The number of hydrogen-bond donors (Lipinski definition) is 2. The molecule has 0 aromatic carbocycles. The second-order valence-corrected chi connectivity index (χ2v) is 5.50. The molecule has 0 spiro atoms. The summed E-state index contributed by atoms with van der Waals surface area (Å²) in [5.41, 5.74) is 5.86. The van der Waals surface area contributed by atoms with Crippen molar-refractivity contribution in [3.63, 3.8) is 0 Å². The largest absolute Gasteiger partial charge is 0.382 e. The number of thiazole rings is 1. The third-order valence-corrected chi connectivity index (χ3v) is 4.34. The average molecular weight is 308 g/mol. The molecule has 3 N–H and O–H groups in total. The van der Waals surface area contributed by atoms with E-state index < -0.39 is 0 Å². The van der Waals surface area contributed by atoms with E-state index in [1.807, 2.05) is 31.7 Å². The van der Waals surface area contributed by atoms with E-state index in [4.69, 9.17) is 5.73 Å². The highest BCUT2D eigenvalue weighted by atomic mass is 32.1. The van der Waals surface area contributed by atoms with Gasteiger partial charge in [0.1, 0.15) is 16.5 Å². The third kappa shape index (κ3) is 3.33. The Labute approximate surface area is 127 Å². The molecule has 0 unspecified atom stereocenters. The van der Waals surface area contributed by atoms with E-state index >= 15 is 0 Å². The van der Waals surface area contributed by atoms with Gasteiger partial charge in [-0.3, -0.25) is 4.79 Å². The molecule has 0 saturated carbocycles. The molecule has 2 aromatic rings. The molecule has 2 aromatic heterocycles. The number of amides is 1. The van der Waals surface area contributed by atoms with Gasteiger partial charge in [-0.05, 0) is 13.8 Å². The molecule has 1 amide bonds. The number of carbonyl (C=O) groups is 1. The van der Waals surface area contributed by atoms with Crippen molar-refractivity contribution < 1.29 is 4.79 Å². The molecule has 0 aliphatic heterocycles. The second-order valence-electron chi connectivity index (χ2n) is 4.52. The maximum absolute atomic E-state index is 12.2. The van der Waals surface area contributed by atoms with Crippen molar-refractivity contribution >= 4 is 28.2 Å². The van der Waals surface area contributed by atoms with Crippen LogP contribution in [0, 0.1) is 0 Å². The molecule has 114 valence electrons. The molecule has 0 saturated heterocycles. The molecule has 7 nitrogen and oxygen atoms in total. The van der Waals surface area contributed by atoms with Gasteiger partial charge in [-0.2, -0.15) is 0 Å². The Morgan fingerprint density at radius 1 is 1.48 bits per heavy atom. The Morgan fingerprint density at radius 3 is 2.76 bits per heavy atom. The third-order valence-electron chi connectivity index (χ3n) is 3.21. The van der Waals surface area contributed by atoms with Gasteiger partial charge in [-0.1, -0.05) is 11.3 Å². The van der Waals surface area contributed by atoms with E-state index in [1.54, 1.807) is 6.20 Å². The summed E-state index contributed by atoms with van der Waals surface area (Å²) in [5, 5.41) is 3.60. The van der Waals surface area contributed by atoms with Crippen LogP contribution < -0.4 is 16.0 Å². The molecule has 2 rings (SSSR count). The van der Waals surface area contributed by atoms with Crippen molar-refractivity contribution in [3.05, 3.63) is 23.1 Å². The highest BCUT2D eigenvalue weighted by Crippen LogP contribution is 2.27. The standard InChI is InChI=1S/C13H20N6OS/c1-4-19(5-2)13-17-11(14)10(21-13)12(20)16-8-9-15-6-7-18(9)3/h6-7H,4-5,8,14H2,1-3H3,(H,16,20). The first-order chi connectivity index (χ1) is 10.1. The van der Waals surface area contributed by atoms with Crippen LogP contribution in [0.1, 0.15) is 29.3 Å². The van der Waals surface area contributed by atoms with Crippen LogP contribution in [0.15, 0.2) is 12.4 Å². The van der Waals surface area contributed by atoms with Crippen LogP contribution in [0.5, 0.6) is 0 Å². The number of nitrogen functional groups attached to an aromatic ring is 1. The van der Waals surface area contributed by atoms with Crippen molar-refractivity contribution in [2.45, 2.75) is 20.4 Å². The lowest BCUT2D eigenvalue weighted by atomic mass is 10.4. The summed E-state index contributed by atoms with van der Waals surface area (Å²) in [7, 11) is 1.88. The van der Waals surface area contributed by atoms with Crippen LogP contribution in [-0.2, 0) is 13.6 Å². The topological polar surface area (TPSA) is 89.1 Å². The monoisotopic (exact) mass is 308 g/mol. The van der Waals surface area contributed by atoms with Crippen LogP contribution in [0.2, 0.25) is 0 Å². The second kappa shape index (κ2) is 6.57. The Hall–Kier alpha value is -2.09. The van der Waals surface area contributed by atoms with Gasteiger partial charge >= 0.3 is 0 Å². The predicted molar refractivity (Wildman–Crippen MR) is 84.5 cm³/mol. The van der Waals surface area contributed by atoms with E-state index in [9.17, 15) is 4.79 Å². The minimum Gasteiger partial charge on any atom is -0.382 e. The summed E-state index contributed by atoms with van der Waals surface area (Å²) in [6.45, 7) is 6.11. The molecule has 0 fully saturated rings. The van der Waals surface area contributed by atoms with Gasteiger partial charge in [-0.15, -0.1) is 0 Å². The first-order valence-electron chi connectivity index (χ1n) is 6.82. The van der Waals surface area contributed by atoms with Crippen molar-refractivity contribution in [1.29, 1.82) is 0 Å². The van der Waals surface area contributed by atoms with E-state index in [1.165, 1.54) is 11.3 Å². The molecule has 21 heavy (non-hydrogen) atoms. The maximum atomic E-state index is 12.2. The highest BCUT2D eigenvalue weighted by Gasteiger charge is 2.18. The molecular formula is C13H20N6OS. The molecule has 0 aliphatic rings. The Morgan fingerprint density at radius 2 is 2.19 bits per heavy atom. The van der Waals surface area contributed by atoms with Gasteiger partial charge in [0.25, 0.3) is 5.91 Å². The van der Waals surface area contributed by atoms with Crippen LogP contribution >= 0.6 is 11.3 Å². The minimum atomic E-state index is -0.216. The van der Waals surface area contributed by atoms with Crippen molar-refractivity contribution in [2.24, 2.45) is 7.05 Å². The van der Waals surface area contributed by atoms with Gasteiger partial charge in [0, 0.05) is 32.5 Å². The molecule has 0 bridgehead atoms. The van der Waals surface area contributed by atoms with Crippen LogP contribution in [0.25, 0.3) is 0 Å². The smallest absolute Gasteiger partial charge is 0.265 e. The molecule has 8 heteroatoms. The SMILES string of the molecule is CCN(CC)c1nc(N)c(C(=O)NCc2nccn2C)s1. The zero-order valence-corrected chi connectivity index (χ0v) is 13.3. The van der Waals surface area contributed by atoms with Crippen LogP contribution in [-0.4, -0.2) is 33.5 Å². The van der Waals surface area contributed by atoms with E-state index in [0.717, 1.165) is 24.0 Å². The van der Waals surface area contributed by atoms with Crippen LogP contribution in [0.4, 0.5) is 10.9 Å². The molecule has 0 atom stereocenters. The van der Waals surface area contributed by atoms with Gasteiger partial charge < -0.3 is 20.5 Å². The number of carbonyl (C=O) groups excluding carboxylic acids is 1. The molecule has 0 aliphatic carbocycles. The first kappa shape index (κ1) is 15.3. The molecule has 0 radical (unpaired) electrons. The van der Waals surface area contributed by atoms with Crippen LogP contribution in [0.3, 0.4) is 0 Å². The number of aromatic nitrogens is 3. The maximum Gasteiger partial charge on any atom is 0.265 e. The number of nitrogens with zero attached hydrogens (tertiary/aromatic N) is 4. The zero-order chi connectivity index (χ0) is 15.4. The number of aryl methyl sites for hydroxylation is 1. The van der Waals surface area contributed by atoms with Gasteiger partial charge in [0.15, 0.2) is 5.13 Å². The fourth-order valence-corrected chi connectivity index (χ4v) is 2.95. The summed E-state index contributed by atoms with van der Waals surface area (Å²) in [6.07, 6.45) is 3.53. The van der Waals surface area contributed by atoms with Crippen molar-refractivity contribution in [3.8, 4) is 0 Å². The highest BCUT2D eigenvalue weighted by molar-refractivity contribution is 7.18. The van der Waals surface area contributed by atoms with Crippen molar-refractivity contribution in [1.82, 2.24) is 19.9 Å². The fourth-order valence-electron chi connectivity index (χ4n) is 1.92. The van der Waals surface area contributed by atoms with E-state index in [2.05, 4.69) is 20.2 Å². The van der Waals surface area contributed by atoms with Crippen molar-refractivity contribution in [2.75, 3.05) is 23.7 Å². The summed E-state index contributed by atoms with van der Waals surface area (Å²) < 4.78 is 1.86. The lowest BCUT2D eigenvalue weighted by Crippen LogP contribution is -2.24. The zero-order valence-electron chi connectivity index (χ0n) is 12.5. The molecular weight excluding hydrogens is 288 g/mol. The number of nitrogens with one attached hydrogen (secondary N) is 1. The normalized spacial score (nSPS) is 10.6. The first-order valence-corrected chi connectivity index (χ1v) is 7.64. The van der Waals surface area contributed by atoms with Gasteiger partial charge in [0.05, 0.1) is 6.54 Å². The summed E-state index contributed by atoms with van der Waals surface area (Å²) in [5.74, 6) is 0.848.